The summed E-state index contributed by atoms with van der Waals surface area (Å²) < 4.78 is 16.6. The molecule has 0 spiro atoms. The van der Waals surface area contributed by atoms with Crippen LogP contribution in [0, 0.1) is 6.92 Å². The van der Waals surface area contributed by atoms with E-state index in [1.165, 1.54) is 0 Å². The Bertz CT molecular complexity index is 897. The van der Waals surface area contributed by atoms with Gasteiger partial charge in [0, 0.05) is 22.5 Å². The predicted molar refractivity (Wildman–Crippen MR) is 86.3 cm³/mol. The molecule has 0 fully saturated rings. The Morgan fingerprint density at radius 1 is 1.00 bits per heavy atom. The lowest BCUT2D eigenvalue weighted by atomic mass is 10.1. The molecule has 4 rings (SSSR count). The van der Waals surface area contributed by atoms with Gasteiger partial charge in [0.2, 0.25) is 0 Å². The Morgan fingerprint density at radius 2 is 1.74 bits per heavy atom. The summed E-state index contributed by atoms with van der Waals surface area (Å²) in [7, 11) is 0. The Morgan fingerprint density at radius 3 is 2.57 bits per heavy atom. The molecule has 23 heavy (non-hydrogen) atoms. The van der Waals surface area contributed by atoms with Crippen molar-refractivity contribution < 1.29 is 18.7 Å². The number of fused-ring (bicyclic) bond motifs is 2. The molecule has 1 aromatic heterocycles. The summed E-state index contributed by atoms with van der Waals surface area (Å²) in [5, 5.41) is 4.60. The number of anilines is 1. The molecule has 0 radical (unpaired) electrons. The van der Waals surface area contributed by atoms with E-state index in [1.54, 1.807) is 18.2 Å². The lowest BCUT2D eigenvalue weighted by Gasteiger charge is -2.18. The number of ether oxygens (including phenoxy) is 2. The predicted octanol–water partition coefficient (Wildman–Crippen LogP) is 3.76. The van der Waals surface area contributed by atoms with Crippen LogP contribution in [-0.2, 0) is 0 Å². The van der Waals surface area contributed by atoms with Crippen molar-refractivity contribution in [2.75, 3.05) is 18.5 Å². The van der Waals surface area contributed by atoms with Gasteiger partial charge in [0.1, 0.15) is 19.0 Å². The molecule has 0 unspecified atom stereocenters. The number of aryl methyl sites for hydroxylation is 1. The van der Waals surface area contributed by atoms with Gasteiger partial charge in [-0.25, -0.2) is 0 Å². The van der Waals surface area contributed by atoms with E-state index in [-0.39, 0.29) is 5.91 Å². The SMILES string of the molecule is Cc1oc(C(=O)Nc2ccc3c(c2)OCCO3)c2ccccc12. The molecule has 0 bridgehead atoms. The van der Waals surface area contributed by atoms with Crippen molar-refractivity contribution in [1.29, 1.82) is 0 Å². The molecule has 1 aliphatic heterocycles. The van der Waals surface area contributed by atoms with Crippen LogP contribution < -0.4 is 14.8 Å². The van der Waals surface area contributed by atoms with Gasteiger partial charge < -0.3 is 19.2 Å². The Labute approximate surface area is 132 Å². The lowest BCUT2D eigenvalue weighted by Crippen LogP contribution is -2.16. The Kier molecular flexibility index (Phi) is 3.19. The van der Waals surface area contributed by atoms with E-state index in [0.29, 0.717) is 36.2 Å². The first-order valence-corrected chi connectivity index (χ1v) is 7.41. The zero-order valence-corrected chi connectivity index (χ0v) is 12.6. The minimum Gasteiger partial charge on any atom is -0.486 e. The number of rotatable bonds is 2. The van der Waals surface area contributed by atoms with E-state index >= 15 is 0 Å². The standard InChI is InChI=1S/C18H15NO4/c1-11-13-4-2-3-5-14(13)17(23-11)18(20)19-12-6-7-15-16(10-12)22-9-8-21-15/h2-7,10H,8-9H2,1H3,(H,19,20). The van der Waals surface area contributed by atoms with Crippen LogP contribution in [0.25, 0.3) is 10.8 Å². The molecule has 0 aliphatic carbocycles. The average molecular weight is 309 g/mol. The normalized spacial score (nSPS) is 13.1. The maximum Gasteiger partial charge on any atom is 0.292 e. The quantitative estimate of drug-likeness (QED) is 0.783. The molecule has 0 atom stereocenters. The summed E-state index contributed by atoms with van der Waals surface area (Å²) in [4.78, 5) is 12.5. The lowest BCUT2D eigenvalue weighted by molar-refractivity contribution is 0.0997. The maximum absolute atomic E-state index is 12.5. The van der Waals surface area contributed by atoms with Crippen molar-refractivity contribution in [2.45, 2.75) is 6.92 Å². The maximum atomic E-state index is 12.5. The van der Waals surface area contributed by atoms with E-state index in [0.717, 1.165) is 16.5 Å². The van der Waals surface area contributed by atoms with Crippen LogP contribution >= 0.6 is 0 Å². The van der Waals surface area contributed by atoms with Crippen LogP contribution in [0.2, 0.25) is 0 Å². The molecule has 1 N–H and O–H groups in total. The van der Waals surface area contributed by atoms with Crippen LogP contribution in [0.4, 0.5) is 5.69 Å². The molecule has 0 saturated carbocycles. The molecular formula is C18H15NO4. The highest BCUT2D eigenvalue weighted by Crippen LogP contribution is 2.33. The number of amides is 1. The average Bonchev–Trinajstić information content (AvgIpc) is 2.92. The third-order valence-electron chi connectivity index (χ3n) is 3.81. The molecule has 2 heterocycles. The molecular weight excluding hydrogens is 294 g/mol. The highest BCUT2D eigenvalue weighted by molar-refractivity contribution is 6.11. The Balaban J connectivity index is 1.64. The second-order valence-corrected chi connectivity index (χ2v) is 5.35. The van der Waals surface area contributed by atoms with E-state index in [9.17, 15) is 4.79 Å². The van der Waals surface area contributed by atoms with Crippen LogP contribution in [0.15, 0.2) is 46.9 Å². The fourth-order valence-corrected chi connectivity index (χ4v) is 2.73. The summed E-state index contributed by atoms with van der Waals surface area (Å²) in [6.45, 7) is 2.89. The van der Waals surface area contributed by atoms with Gasteiger partial charge in [0.15, 0.2) is 17.3 Å². The second kappa shape index (κ2) is 5.35. The molecule has 3 aromatic rings. The van der Waals surface area contributed by atoms with Crippen molar-refractivity contribution in [1.82, 2.24) is 0 Å². The van der Waals surface area contributed by atoms with E-state index in [2.05, 4.69) is 5.32 Å². The molecule has 116 valence electrons. The van der Waals surface area contributed by atoms with Gasteiger partial charge in [-0.05, 0) is 19.1 Å². The zero-order chi connectivity index (χ0) is 15.8. The summed E-state index contributed by atoms with van der Waals surface area (Å²) in [5.74, 6) is 2.08. The fourth-order valence-electron chi connectivity index (χ4n) is 2.73. The first-order valence-electron chi connectivity index (χ1n) is 7.41. The van der Waals surface area contributed by atoms with Crippen molar-refractivity contribution in [3.05, 3.63) is 54.0 Å². The summed E-state index contributed by atoms with van der Waals surface area (Å²) in [6.07, 6.45) is 0. The first-order chi connectivity index (χ1) is 11.2. The van der Waals surface area contributed by atoms with E-state index in [1.807, 2.05) is 31.2 Å². The number of carbonyl (C=O) groups is 1. The number of furan rings is 1. The first kappa shape index (κ1) is 13.7. The molecule has 5 nitrogen and oxygen atoms in total. The van der Waals surface area contributed by atoms with Crippen LogP contribution in [0.3, 0.4) is 0 Å². The van der Waals surface area contributed by atoms with Crippen LogP contribution in [0.1, 0.15) is 16.3 Å². The van der Waals surface area contributed by atoms with Gasteiger partial charge in [-0.1, -0.05) is 24.3 Å². The number of hydrogen-bond acceptors (Lipinski definition) is 4. The number of benzene rings is 2. The topological polar surface area (TPSA) is 60.7 Å². The zero-order valence-electron chi connectivity index (χ0n) is 12.6. The van der Waals surface area contributed by atoms with Gasteiger partial charge >= 0.3 is 0 Å². The second-order valence-electron chi connectivity index (χ2n) is 5.35. The third-order valence-corrected chi connectivity index (χ3v) is 3.81. The number of carbonyl (C=O) groups excluding carboxylic acids is 1. The molecule has 5 heteroatoms. The highest BCUT2D eigenvalue weighted by atomic mass is 16.6. The van der Waals surface area contributed by atoms with Crippen molar-refractivity contribution in [3.63, 3.8) is 0 Å². The molecule has 0 saturated heterocycles. The molecule has 1 aliphatic rings. The van der Waals surface area contributed by atoms with Gasteiger partial charge in [-0.15, -0.1) is 0 Å². The van der Waals surface area contributed by atoms with Gasteiger partial charge in [-0.3, -0.25) is 4.79 Å². The van der Waals surface area contributed by atoms with Crippen LogP contribution in [-0.4, -0.2) is 19.1 Å². The Hall–Kier alpha value is -2.95. The van der Waals surface area contributed by atoms with Crippen molar-refractivity contribution in [3.8, 4) is 11.5 Å². The highest BCUT2D eigenvalue weighted by Gasteiger charge is 2.18. The number of hydrogen-bond donors (Lipinski definition) is 1. The van der Waals surface area contributed by atoms with E-state index in [4.69, 9.17) is 13.9 Å². The van der Waals surface area contributed by atoms with E-state index < -0.39 is 0 Å². The monoisotopic (exact) mass is 309 g/mol. The summed E-state index contributed by atoms with van der Waals surface area (Å²) in [5.41, 5.74) is 0.636. The van der Waals surface area contributed by atoms with Gasteiger partial charge in [0.05, 0.1) is 0 Å². The minimum atomic E-state index is -0.286. The van der Waals surface area contributed by atoms with Gasteiger partial charge in [0.25, 0.3) is 5.91 Å². The summed E-state index contributed by atoms with van der Waals surface area (Å²) in [6, 6.07) is 13.0. The smallest absolute Gasteiger partial charge is 0.292 e. The molecule has 1 amide bonds. The number of nitrogens with one attached hydrogen (secondary N) is 1. The largest absolute Gasteiger partial charge is 0.486 e. The van der Waals surface area contributed by atoms with Crippen molar-refractivity contribution in [2.24, 2.45) is 0 Å². The van der Waals surface area contributed by atoms with Crippen LogP contribution in [0.5, 0.6) is 11.5 Å². The summed E-state index contributed by atoms with van der Waals surface area (Å²) >= 11 is 0. The minimum absolute atomic E-state index is 0.286. The molecule has 2 aromatic carbocycles. The van der Waals surface area contributed by atoms with Gasteiger partial charge in [-0.2, -0.15) is 0 Å². The fraction of sp³-hybridized carbons (Fsp3) is 0.167. The van der Waals surface area contributed by atoms with Crippen molar-refractivity contribution >= 4 is 22.4 Å². The third kappa shape index (κ3) is 2.40.